The predicted octanol–water partition coefficient (Wildman–Crippen LogP) is 0.354. The molecule has 9 nitrogen and oxygen atoms in total. The molecule has 1 fully saturated rings. The molecule has 27 heavy (non-hydrogen) atoms. The molecular formula is C18H19N5O4. The first-order valence-electron chi connectivity index (χ1n) is 8.61. The van der Waals surface area contributed by atoms with Crippen LogP contribution in [0.4, 0.5) is 5.82 Å². The van der Waals surface area contributed by atoms with Gasteiger partial charge in [0.2, 0.25) is 0 Å². The fourth-order valence-corrected chi connectivity index (χ4v) is 3.51. The van der Waals surface area contributed by atoms with Gasteiger partial charge in [-0.3, -0.25) is 4.79 Å². The molecule has 9 heteroatoms. The first kappa shape index (κ1) is 17.5. The number of aliphatic hydroxyl groups is 3. The normalized spacial score (nSPS) is 25.0. The van der Waals surface area contributed by atoms with Crippen molar-refractivity contribution in [1.29, 1.82) is 0 Å². The van der Waals surface area contributed by atoms with Crippen LogP contribution in [0.15, 0.2) is 43.0 Å². The van der Waals surface area contributed by atoms with Crippen molar-refractivity contribution in [3.8, 4) is 0 Å². The summed E-state index contributed by atoms with van der Waals surface area (Å²) in [7, 11) is 0. The van der Waals surface area contributed by atoms with Gasteiger partial charge in [-0.1, -0.05) is 18.2 Å². The Hall–Kier alpha value is -2.88. The van der Waals surface area contributed by atoms with E-state index in [1.807, 2.05) is 6.07 Å². The van der Waals surface area contributed by atoms with Gasteiger partial charge in [-0.05, 0) is 18.6 Å². The first-order valence-corrected chi connectivity index (χ1v) is 8.61. The molecule has 0 aliphatic heterocycles. The minimum atomic E-state index is -1.04. The number of benzene rings is 1. The van der Waals surface area contributed by atoms with Gasteiger partial charge in [0.1, 0.15) is 12.4 Å². The van der Waals surface area contributed by atoms with Gasteiger partial charge < -0.3 is 25.2 Å². The Bertz CT molecular complexity index is 961. The Morgan fingerprint density at radius 3 is 2.63 bits per heavy atom. The summed E-state index contributed by atoms with van der Waals surface area (Å²) in [5.74, 6) is -0.470. The van der Waals surface area contributed by atoms with Gasteiger partial charge in [0.05, 0.1) is 18.5 Å². The first-order chi connectivity index (χ1) is 13.1. The van der Waals surface area contributed by atoms with Gasteiger partial charge in [-0.2, -0.15) is 0 Å². The van der Waals surface area contributed by atoms with E-state index < -0.39 is 24.2 Å². The second kappa shape index (κ2) is 7.03. The molecule has 2 heterocycles. The van der Waals surface area contributed by atoms with Crippen LogP contribution in [0.25, 0.3) is 11.2 Å². The van der Waals surface area contributed by atoms with Crippen LogP contribution >= 0.6 is 0 Å². The summed E-state index contributed by atoms with van der Waals surface area (Å²) in [4.78, 5) is 25.0. The van der Waals surface area contributed by atoms with Crippen molar-refractivity contribution in [3.63, 3.8) is 0 Å². The number of nitrogens with one attached hydrogen (secondary N) is 1. The molecule has 0 radical (unpaired) electrons. The predicted molar refractivity (Wildman–Crippen MR) is 96.0 cm³/mol. The second-order valence-electron chi connectivity index (χ2n) is 6.59. The molecule has 1 aliphatic carbocycles. The summed E-state index contributed by atoms with van der Waals surface area (Å²) in [5.41, 5.74) is 1.31. The molecule has 2 aromatic heterocycles. The largest absolute Gasteiger partial charge is 0.396 e. The Morgan fingerprint density at radius 2 is 1.93 bits per heavy atom. The molecule has 1 aromatic carbocycles. The molecule has 1 amide bonds. The SMILES string of the molecule is O=C(Nc1ncnc2c1ncn2[C@@H]1C[C@H](CO)[C@@H](O)[C@H]1O)c1ccccc1. The molecule has 0 spiro atoms. The van der Waals surface area contributed by atoms with E-state index in [1.165, 1.54) is 12.7 Å². The second-order valence-corrected chi connectivity index (χ2v) is 6.59. The van der Waals surface area contributed by atoms with E-state index in [0.717, 1.165) is 0 Å². The molecule has 1 aliphatic rings. The van der Waals surface area contributed by atoms with Crippen LogP contribution < -0.4 is 5.32 Å². The number of fused-ring (bicyclic) bond motifs is 1. The summed E-state index contributed by atoms with van der Waals surface area (Å²) in [6.45, 7) is -0.214. The van der Waals surface area contributed by atoms with Gasteiger partial charge in [0, 0.05) is 18.1 Å². The quantitative estimate of drug-likeness (QED) is 0.521. The molecule has 0 bridgehead atoms. The highest BCUT2D eigenvalue weighted by molar-refractivity contribution is 6.06. The number of nitrogens with zero attached hydrogens (tertiary/aromatic N) is 4. The van der Waals surface area contributed by atoms with Gasteiger partial charge in [-0.25, -0.2) is 15.0 Å². The van der Waals surface area contributed by atoms with Crippen molar-refractivity contribution in [2.24, 2.45) is 5.92 Å². The minimum Gasteiger partial charge on any atom is -0.396 e. The van der Waals surface area contributed by atoms with Crippen LogP contribution in [0.1, 0.15) is 22.8 Å². The third kappa shape index (κ3) is 3.05. The fraction of sp³-hybridized carbons (Fsp3) is 0.333. The number of anilines is 1. The molecule has 4 atom stereocenters. The Morgan fingerprint density at radius 1 is 1.15 bits per heavy atom. The highest BCUT2D eigenvalue weighted by Gasteiger charge is 2.42. The smallest absolute Gasteiger partial charge is 0.256 e. The van der Waals surface area contributed by atoms with Crippen LogP contribution in [0.5, 0.6) is 0 Å². The minimum absolute atomic E-state index is 0.214. The van der Waals surface area contributed by atoms with Crippen LogP contribution in [-0.2, 0) is 0 Å². The van der Waals surface area contributed by atoms with E-state index in [1.54, 1.807) is 28.8 Å². The highest BCUT2D eigenvalue weighted by Crippen LogP contribution is 2.36. The van der Waals surface area contributed by atoms with Gasteiger partial charge in [-0.15, -0.1) is 0 Å². The molecule has 140 valence electrons. The Labute approximate surface area is 154 Å². The van der Waals surface area contributed by atoms with Crippen molar-refractivity contribution in [2.75, 3.05) is 11.9 Å². The maximum Gasteiger partial charge on any atom is 0.256 e. The zero-order valence-corrected chi connectivity index (χ0v) is 14.3. The Kier molecular flexibility index (Phi) is 4.56. The van der Waals surface area contributed by atoms with Crippen molar-refractivity contribution in [3.05, 3.63) is 48.5 Å². The van der Waals surface area contributed by atoms with E-state index in [-0.39, 0.29) is 18.3 Å². The molecule has 4 rings (SSSR count). The molecular weight excluding hydrogens is 350 g/mol. The van der Waals surface area contributed by atoms with E-state index in [0.29, 0.717) is 23.1 Å². The highest BCUT2D eigenvalue weighted by atomic mass is 16.3. The lowest BCUT2D eigenvalue weighted by Gasteiger charge is -2.18. The zero-order chi connectivity index (χ0) is 19.0. The lowest BCUT2D eigenvalue weighted by atomic mass is 10.1. The average molecular weight is 369 g/mol. The van der Waals surface area contributed by atoms with E-state index in [9.17, 15) is 20.1 Å². The van der Waals surface area contributed by atoms with E-state index in [4.69, 9.17) is 0 Å². The maximum atomic E-state index is 12.4. The number of carbonyl (C=O) groups excluding carboxylic acids is 1. The molecule has 0 saturated heterocycles. The van der Waals surface area contributed by atoms with Crippen molar-refractivity contribution >= 4 is 22.9 Å². The monoisotopic (exact) mass is 369 g/mol. The lowest BCUT2D eigenvalue weighted by molar-refractivity contribution is -0.00370. The van der Waals surface area contributed by atoms with Crippen molar-refractivity contribution in [2.45, 2.75) is 24.7 Å². The number of imidazole rings is 1. The fourth-order valence-electron chi connectivity index (χ4n) is 3.51. The topological polar surface area (TPSA) is 133 Å². The molecule has 1 saturated carbocycles. The van der Waals surface area contributed by atoms with Gasteiger partial charge in [0.15, 0.2) is 17.0 Å². The Balaban J connectivity index is 1.65. The number of aliphatic hydroxyl groups excluding tert-OH is 3. The molecule has 0 unspecified atom stereocenters. The third-order valence-electron chi connectivity index (χ3n) is 4.99. The lowest BCUT2D eigenvalue weighted by Crippen LogP contribution is -2.30. The van der Waals surface area contributed by atoms with E-state index in [2.05, 4.69) is 20.3 Å². The standard InChI is InChI=1S/C18H19N5O4/c24-7-11-6-12(15(26)14(11)25)23-9-21-13-16(19-8-20-17(13)23)22-18(27)10-4-2-1-3-5-10/h1-5,8-9,11-12,14-15,24-26H,6-7H2,(H,19,20,22,27)/t11-,12-,14-,15+/m1/s1. The summed E-state index contributed by atoms with van der Waals surface area (Å²) in [6, 6.07) is 8.26. The van der Waals surface area contributed by atoms with Crippen LogP contribution in [0.3, 0.4) is 0 Å². The number of aromatic nitrogens is 4. The van der Waals surface area contributed by atoms with Gasteiger partial charge in [0.25, 0.3) is 5.91 Å². The number of rotatable bonds is 4. The summed E-state index contributed by atoms with van der Waals surface area (Å²) in [5, 5.41) is 32.5. The molecule has 4 N–H and O–H groups in total. The summed E-state index contributed by atoms with van der Waals surface area (Å²) >= 11 is 0. The van der Waals surface area contributed by atoms with Crippen molar-refractivity contribution < 1.29 is 20.1 Å². The zero-order valence-electron chi connectivity index (χ0n) is 14.3. The average Bonchev–Trinajstić information content (AvgIpc) is 3.25. The number of carbonyl (C=O) groups is 1. The van der Waals surface area contributed by atoms with Gasteiger partial charge >= 0.3 is 0 Å². The van der Waals surface area contributed by atoms with Crippen LogP contribution in [0, 0.1) is 5.92 Å². The van der Waals surface area contributed by atoms with Crippen molar-refractivity contribution in [1.82, 2.24) is 19.5 Å². The number of hydrogen-bond acceptors (Lipinski definition) is 7. The maximum absolute atomic E-state index is 12.4. The summed E-state index contributed by atoms with van der Waals surface area (Å²) in [6.07, 6.45) is 1.13. The van der Waals surface area contributed by atoms with E-state index >= 15 is 0 Å². The van der Waals surface area contributed by atoms with Crippen LogP contribution in [-0.4, -0.2) is 59.6 Å². The number of hydrogen-bond donors (Lipinski definition) is 4. The third-order valence-corrected chi connectivity index (χ3v) is 4.99. The van der Waals surface area contributed by atoms with Crippen LogP contribution in [0.2, 0.25) is 0 Å². The molecule has 3 aromatic rings. The number of amides is 1. The summed E-state index contributed by atoms with van der Waals surface area (Å²) < 4.78 is 1.65.